The molecule has 3 rings (SSSR count). The lowest BCUT2D eigenvalue weighted by atomic mass is 10.0. The first-order chi connectivity index (χ1) is 18.9. The van der Waals surface area contributed by atoms with Crippen LogP contribution in [0.2, 0.25) is 0 Å². The van der Waals surface area contributed by atoms with Crippen LogP contribution in [-0.4, -0.2) is 46.0 Å². The van der Waals surface area contributed by atoms with Gasteiger partial charge >= 0.3 is 12.1 Å². The fourth-order valence-corrected chi connectivity index (χ4v) is 3.80. The van der Waals surface area contributed by atoms with Crippen molar-refractivity contribution >= 4 is 29.3 Å². The van der Waals surface area contributed by atoms with Crippen LogP contribution in [0.1, 0.15) is 33.9 Å². The summed E-state index contributed by atoms with van der Waals surface area (Å²) >= 11 is 0. The summed E-state index contributed by atoms with van der Waals surface area (Å²) in [5, 5.41) is 13.3. The zero-order valence-corrected chi connectivity index (χ0v) is 20.7. The van der Waals surface area contributed by atoms with Gasteiger partial charge < -0.3 is 20.3 Å². The predicted octanol–water partition coefficient (Wildman–Crippen LogP) is 3.40. The number of ketones is 1. The van der Waals surface area contributed by atoms with E-state index >= 15 is 0 Å². The zero-order chi connectivity index (χ0) is 29.4. The van der Waals surface area contributed by atoms with Gasteiger partial charge in [0.15, 0.2) is 5.78 Å². The molecule has 1 heterocycles. The number of benzene rings is 2. The van der Waals surface area contributed by atoms with Crippen molar-refractivity contribution in [3.8, 4) is 0 Å². The van der Waals surface area contributed by atoms with E-state index in [0.29, 0.717) is 22.4 Å². The number of anilines is 1. The van der Waals surface area contributed by atoms with Crippen LogP contribution in [-0.2, 0) is 27.0 Å². The van der Waals surface area contributed by atoms with E-state index in [4.69, 9.17) is 5.11 Å². The van der Waals surface area contributed by atoms with Crippen LogP contribution < -0.4 is 16.2 Å². The third-order valence-electron chi connectivity index (χ3n) is 5.78. The van der Waals surface area contributed by atoms with Crippen molar-refractivity contribution in [2.24, 2.45) is 0 Å². The van der Waals surface area contributed by atoms with E-state index < -0.39 is 71.7 Å². The Morgan fingerprint density at radius 3 is 2.10 bits per heavy atom. The maximum absolute atomic E-state index is 13.9. The van der Waals surface area contributed by atoms with E-state index in [1.165, 1.54) is 36.4 Å². The van der Waals surface area contributed by atoms with Gasteiger partial charge in [-0.2, -0.15) is 13.2 Å². The maximum Gasteiger partial charge on any atom is 0.417 e. The maximum atomic E-state index is 13.9. The molecule has 1 aromatic heterocycles. The Morgan fingerprint density at radius 2 is 1.55 bits per heavy atom. The summed E-state index contributed by atoms with van der Waals surface area (Å²) in [6, 6.07) is 12.0. The Labute approximate surface area is 224 Å². The SMILES string of the molecule is O=C(O)CC(NC(=O)C(Cc1ccccc1)n1cc(C(F)(F)F)cc(NC(=O)c2ccccc2)c1=O)C(=O)CF. The van der Waals surface area contributed by atoms with E-state index in [1.807, 2.05) is 0 Å². The second-order valence-electron chi connectivity index (χ2n) is 8.64. The fraction of sp³-hybridized carbons (Fsp3) is 0.222. The number of rotatable bonds is 11. The van der Waals surface area contributed by atoms with E-state index in [0.717, 1.165) is 0 Å². The van der Waals surface area contributed by atoms with Crippen molar-refractivity contribution in [1.29, 1.82) is 0 Å². The van der Waals surface area contributed by atoms with Crippen molar-refractivity contribution in [3.63, 3.8) is 0 Å². The van der Waals surface area contributed by atoms with Crippen LogP contribution in [0.4, 0.5) is 23.2 Å². The van der Waals surface area contributed by atoms with Crippen molar-refractivity contribution in [2.45, 2.75) is 31.1 Å². The standard InChI is InChI=1S/C27H23F4N3O6/c28-14-22(35)19(13-23(36)37)32-25(39)21(11-16-7-3-1-4-8-16)34-15-18(27(29,30)31)12-20(26(34)40)33-24(38)17-9-5-2-6-10-17/h1-10,12,15,19,21H,11,13-14H2,(H,32,39)(H,33,38)(H,36,37). The number of halogens is 4. The number of Topliss-reactive ketones (excluding diaryl/α,β-unsaturated/α-hetero) is 1. The molecule has 0 saturated heterocycles. The summed E-state index contributed by atoms with van der Waals surface area (Å²) in [7, 11) is 0. The normalized spacial score (nSPS) is 12.7. The zero-order valence-electron chi connectivity index (χ0n) is 20.7. The summed E-state index contributed by atoms with van der Waals surface area (Å²) in [4.78, 5) is 62.5. The molecule has 0 aliphatic rings. The molecule has 3 aromatic rings. The number of nitrogens with zero attached hydrogens (tertiary/aromatic N) is 1. The molecule has 0 fully saturated rings. The first-order valence-electron chi connectivity index (χ1n) is 11.7. The molecule has 3 N–H and O–H groups in total. The molecule has 0 aliphatic heterocycles. The van der Waals surface area contributed by atoms with Gasteiger partial charge in [0, 0.05) is 18.2 Å². The largest absolute Gasteiger partial charge is 0.481 e. The summed E-state index contributed by atoms with van der Waals surface area (Å²) in [5.74, 6) is -4.92. The highest BCUT2D eigenvalue weighted by Gasteiger charge is 2.35. The van der Waals surface area contributed by atoms with Gasteiger partial charge in [0.25, 0.3) is 11.5 Å². The number of aromatic nitrogens is 1. The number of amides is 2. The third-order valence-corrected chi connectivity index (χ3v) is 5.78. The number of carbonyl (C=O) groups is 4. The number of aliphatic carboxylic acids is 1. The van der Waals surface area contributed by atoms with Crippen LogP contribution in [0, 0.1) is 0 Å². The molecule has 40 heavy (non-hydrogen) atoms. The van der Waals surface area contributed by atoms with E-state index in [2.05, 4.69) is 10.6 Å². The van der Waals surface area contributed by atoms with Crippen LogP contribution >= 0.6 is 0 Å². The minimum atomic E-state index is -5.01. The molecule has 2 amide bonds. The summed E-state index contributed by atoms with van der Waals surface area (Å²) in [6.07, 6.45) is -5.99. The molecule has 2 aromatic carbocycles. The number of carbonyl (C=O) groups excluding carboxylic acids is 3. The van der Waals surface area contributed by atoms with Crippen LogP contribution in [0.25, 0.3) is 0 Å². The minimum Gasteiger partial charge on any atom is -0.481 e. The molecule has 13 heteroatoms. The minimum absolute atomic E-state index is 0.0469. The van der Waals surface area contributed by atoms with Gasteiger partial charge in [-0.3, -0.25) is 24.0 Å². The molecule has 0 spiro atoms. The first-order valence-corrected chi connectivity index (χ1v) is 11.7. The summed E-state index contributed by atoms with van der Waals surface area (Å²) in [5.41, 5.74) is -2.89. The van der Waals surface area contributed by atoms with Crippen molar-refractivity contribution in [3.05, 3.63) is 100.0 Å². The molecule has 0 aliphatic carbocycles. The summed E-state index contributed by atoms with van der Waals surface area (Å²) in [6.45, 7) is -1.61. The van der Waals surface area contributed by atoms with Crippen LogP contribution in [0.3, 0.4) is 0 Å². The molecule has 0 bridgehead atoms. The van der Waals surface area contributed by atoms with Gasteiger partial charge in [-0.05, 0) is 23.8 Å². The highest BCUT2D eigenvalue weighted by Crippen LogP contribution is 2.31. The second kappa shape index (κ2) is 12.8. The number of hydrogen-bond donors (Lipinski definition) is 3. The van der Waals surface area contributed by atoms with Crippen molar-refractivity contribution in [2.75, 3.05) is 12.0 Å². The van der Waals surface area contributed by atoms with Gasteiger partial charge in [0.05, 0.1) is 12.0 Å². The number of hydrogen-bond acceptors (Lipinski definition) is 5. The molecular weight excluding hydrogens is 538 g/mol. The van der Waals surface area contributed by atoms with Gasteiger partial charge in [0.2, 0.25) is 5.91 Å². The van der Waals surface area contributed by atoms with Gasteiger partial charge in [-0.15, -0.1) is 0 Å². The number of carboxylic acid groups (broad SMARTS) is 1. The predicted molar refractivity (Wildman–Crippen MR) is 134 cm³/mol. The molecule has 2 unspecified atom stereocenters. The van der Waals surface area contributed by atoms with E-state index in [-0.39, 0.29) is 12.0 Å². The molecule has 2 atom stereocenters. The fourth-order valence-electron chi connectivity index (χ4n) is 3.80. The van der Waals surface area contributed by atoms with Crippen LogP contribution in [0.5, 0.6) is 0 Å². The van der Waals surface area contributed by atoms with Crippen molar-refractivity contribution in [1.82, 2.24) is 9.88 Å². The highest BCUT2D eigenvalue weighted by molar-refractivity contribution is 6.04. The van der Waals surface area contributed by atoms with E-state index in [1.54, 1.807) is 24.3 Å². The van der Waals surface area contributed by atoms with E-state index in [9.17, 15) is 41.5 Å². The number of alkyl halides is 4. The average Bonchev–Trinajstić information content (AvgIpc) is 2.92. The third kappa shape index (κ3) is 7.62. The van der Waals surface area contributed by atoms with Crippen LogP contribution in [0.15, 0.2) is 77.7 Å². The first kappa shape index (κ1) is 29.7. The lowest BCUT2D eigenvalue weighted by molar-refractivity contribution is -0.141. The second-order valence-corrected chi connectivity index (χ2v) is 8.64. The van der Waals surface area contributed by atoms with Gasteiger partial charge in [0.1, 0.15) is 24.4 Å². The molecule has 210 valence electrons. The number of carboxylic acids is 1. The molecular formula is C27H23F4N3O6. The Bertz CT molecular complexity index is 1440. The Hall–Kier alpha value is -4.81. The molecule has 0 radical (unpaired) electrons. The lowest BCUT2D eigenvalue weighted by Gasteiger charge is -2.24. The number of pyridine rings is 1. The highest BCUT2D eigenvalue weighted by atomic mass is 19.4. The van der Waals surface area contributed by atoms with Gasteiger partial charge in [-0.25, -0.2) is 4.39 Å². The monoisotopic (exact) mass is 561 g/mol. The molecule has 0 saturated carbocycles. The van der Waals surface area contributed by atoms with Gasteiger partial charge in [-0.1, -0.05) is 48.5 Å². The Balaban J connectivity index is 2.13. The lowest BCUT2D eigenvalue weighted by Crippen LogP contribution is -2.48. The van der Waals surface area contributed by atoms with Crippen molar-refractivity contribution < 1.29 is 41.8 Å². The smallest absolute Gasteiger partial charge is 0.417 e. The quantitative estimate of drug-likeness (QED) is 0.307. The Kier molecular flexibility index (Phi) is 9.54. The average molecular weight is 561 g/mol. The number of nitrogens with one attached hydrogen (secondary N) is 2. The Morgan fingerprint density at radius 1 is 0.950 bits per heavy atom. The molecule has 9 nitrogen and oxygen atoms in total. The summed E-state index contributed by atoms with van der Waals surface area (Å²) < 4.78 is 55.1. The topological polar surface area (TPSA) is 135 Å².